The zero-order valence-electron chi connectivity index (χ0n) is 12.2. The van der Waals surface area contributed by atoms with Gasteiger partial charge < -0.3 is 0 Å². The number of rotatable bonds is 1. The monoisotopic (exact) mass is 280 g/mol. The molecule has 4 rings (SSSR count). The van der Waals surface area contributed by atoms with Gasteiger partial charge in [0.1, 0.15) is 0 Å². The molecule has 0 amide bonds. The standard InChI is InChI=1S/C19H21P/c1-13-11-14-7-3-5-9-16(14)18(13)19-17-10-6-4-8-15(17)12-20(19)2/h3-10,13,18-19H,11-12H2,1-2H3/t13-,18?,19+,20?/m0/s1. The van der Waals surface area contributed by atoms with E-state index >= 15 is 0 Å². The van der Waals surface area contributed by atoms with Gasteiger partial charge in [-0.1, -0.05) is 63.4 Å². The average molecular weight is 280 g/mol. The SMILES string of the molecule is C[C@H]1Cc2ccccc2C1[C@H]1c2ccccc2CP1C. The molecule has 2 aromatic carbocycles. The first-order valence-corrected chi connectivity index (χ1v) is 9.66. The molecule has 0 spiro atoms. The zero-order valence-corrected chi connectivity index (χ0v) is 13.1. The van der Waals surface area contributed by atoms with Crippen LogP contribution in [0.25, 0.3) is 0 Å². The second-order valence-electron chi connectivity index (χ2n) is 6.46. The molecule has 1 aliphatic carbocycles. The van der Waals surface area contributed by atoms with Gasteiger partial charge in [0, 0.05) is 5.66 Å². The molecule has 0 saturated carbocycles. The molecule has 2 aromatic rings. The van der Waals surface area contributed by atoms with Crippen molar-refractivity contribution in [2.75, 3.05) is 6.66 Å². The molecule has 1 heterocycles. The maximum absolute atomic E-state index is 2.51. The molecule has 102 valence electrons. The van der Waals surface area contributed by atoms with Crippen LogP contribution >= 0.6 is 7.92 Å². The smallest absolute Gasteiger partial charge is 0.0117 e. The third-order valence-corrected chi connectivity index (χ3v) is 7.57. The highest BCUT2D eigenvalue weighted by Gasteiger charge is 2.41. The van der Waals surface area contributed by atoms with E-state index in [0.29, 0.717) is 0 Å². The van der Waals surface area contributed by atoms with E-state index in [1.165, 1.54) is 12.6 Å². The predicted octanol–water partition coefficient (Wildman–Crippen LogP) is 5.33. The summed E-state index contributed by atoms with van der Waals surface area (Å²) in [5, 5.41) is 0. The van der Waals surface area contributed by atoms with Crippen molar-refractivity contribution in [1.82, 2.24) is 0 Å². The fraction of sp³-hybridized carbons (Fsp3) is 0.368. The Balaban J connectivity index is 1.82. The van der Waals surface area contributed by atoms with E-state index in [1.807, 2.05) is 0 Å². The number of fused-ring (bicyclic) bond motifs is 2. The van der Waals surface area contributed by atoms with Crippen molar-refractivity contribution >= 4 is 7.92 Å². The van der Waals surface area contributed by atoms with Gasteiger partial charge in [0.2, 0.25) is 0 Å². The molecular formula is C19H21P. The summed E-state index contributed by atoms with van der Waals surface area (Å²) in [6, 6.07) is 18.3. The van der Waals surface area contributed by atoms with Crippen LogP contribution in [0.5, 0.6) is 0 Å². The van der Waals surface area contributed by atoms with Crippen molar-refractivity contribution in [1.29, 1.82) is 0 Å². The molecular weight excluding hydrogens is 259 g/mol. The first-order chi connectivity index (χ1) is 9.75. The van der Waals surface area contributed by atoms with Crippen LogP contribution in [-0.2, 0) is 12.6 Å². The van der Waals surface area contributed by atoms with Crippen molar-refractivity contribution < 1.29 is 0 Å². The van der Waals surface area contributed by atoms with Crippen molar-refractivity contribution in [3.05, 3.63) is 70.8 Å². The number of benzene rings is 2. The molecule has 2 aliphatic rings. The summed E-state index contributed by atoms with van der Waals surface area (Å²) < 4.78 is 0. The van der Waals surface area contributed by atoms with Crippen molar-refractivity contribution in [3.8, 4) is 0 Å². The van der Waals surface area contributed by atoms with Crippen LogP contribution in [0.3, 0.4) is 0 Å². The normalized spacial score (nSPS) is 31.1. The molecule has 0 nitrogen and oxygen atoms in total. The second kappa shape index (κ2) is 4.71. The van der Waals surface area contributed by atoms with Gasteiger partial charge in [-0.3, -0.25) is 0 Å². The van der Waals surface area contributed by atoms with Gasteiger partial charge in [-0.15, -0.1) is 0 Å². The van der Waals surface area contributed by atoms with Gasteiger partial charge in [0.25, 0.3) is 0 Å². The molecule has 0 aromatic heterocycles. The topological polar surface area (TPSA) is 0 Å². The Bertz CT molecular complexity index is 588. The van der Waals surface area contributed by atoms with Gasteiger partial charge in [-0.2, -0.15) is 0 Å². The molecule has 1 heteroatoms. The van der Waals surface area contributed by atoms with Gasteiger partial charge in [-0.25, -0.2) is 0 Å². The molecule has 4 atom stereocenters. The summed E-state index contributed by atoms with van der Waals surface area (Å²) >= 11 is 0. The van der Waals surface area contributed by atoms with E-state index < -0.39 is 0 Å². The summed E-state index contributed by atoms with van der Waals surface area (Å²) in [6.45, 7) is 4.96. The lowest BCUT2D eigenvalue weighted by Gasteiger charge is -2.29. The van der Waals surface area contributed by atoms with Crippen LogP contribution in [-0.4, -0.2) is 6.66 Å². The summed E-state index contributed by atoms with van der Waals surface area (Å²) in [5.41, 5.74) is 7.27. The maximum Gasteiger partial charge on any atom is 0.0117 e. The Hall–Kier alpha value is -1.13. The lowest BCUT2D eigenvalue weighted by Crippen LogP contribution is -2.11. The highest BCUT2D eigenvalue weighted by molar-refractivity contribution is 7.56. The van der Waals surface area contributed by atoms with E-state index in [0.717, 1.165) is 17.5 Å². The highest BCUT2D eigenvalue weighted by atomic mass is 31.1. The van der Waals surface area contributed by atoms with Crippen molar-refractivity contribution in [2.45, 2.75) is 31.1 Å². The Morgan fingerprint density at radius 3 is 2.35 bits per heavy atom. The predicted molar refractivity (Wildman–Crippen MR) is 87.8 cm³/mol. The molecule has 0 bridgehead atoms. The molecule has 0 radical (unpaired) electrons. The molecule has 0 N–H and O–H groups in total. The third kappa shape index (κ3) is 1.78. The van der Waals surface area contributed by atoms with E-state index in [1.54, 1.807) is 22.3 Å². The van der Waals surface area contributed by atoms with Crippen LogP contribution in [0.1, 0.15) is 40.8 Å². The van der Waals surface area contributed by atoms with Gasteiger partial charge in [-0.05, 0) is 53.3 Å². The second-order valence-corrected chi connectivity index (χ2v) is 8.85. The first kappa shape index (κ1) is 12.6. The Morgan fingerprint density at radius 2 is 1.55 bits per heavy atom. The van der Waals surface area contributed by atoms with Gasteiger partial charge >= 0.3 is 0 Å². The fourth-order valence-corrected chi connectivity index (χ4v) is 7.10. The highest BCUT2D eigenvalue weighted by Crippen LogP contribution is 2.66. The molecule has 2 unspecified atom stereocenters. The average Bonchev–Trinajstić information content (AvgIpc) is 2.94. The van der Waals surface area contributed by atoms with E-state index in [2.05, 4.69) is 62.1 Å². The minimum Gasteiger partial charge on any atom is -0.0971 e. The lowest BCUT2D eigenvalue weighted by atomic mass is 9.86. The number of hydrogen-bond acceptors (Lipinski definition) is 0. The summed E-state index contributed by atoms with van der Waals surface area (Å²) in [6.07, 6.45) is 2.59. The van der Waals surface area contributed by atoms with Crippen LogP contribution < -0.4 is 0 Å². The molecule has 0 saturated heterocycles. The summed E-state index contributed by atoms with van der Waals surface area (Å²) in [5.74, 6) is 1.53. The minimum atomic E-state index is 0.0826. The summed E-state index contributed by atoms with van der Waals surface area (Å²) in [7, 11) is 0.0826. The molecule has 0 fully saturated rings. The van der Waals surface area contributed by atoms with Crippen LogP contribution in [0.4, 0.5) is 0 Å². The minimum absolute atomic E-state index is 0.0826. The van der Waals surface area contributed by atoms with Gasteiger partial charge in [0.05, 0.1) is 0 Å². The molecule has 20 heavy (non-hydrogen) atoms. The lowest BCUT2D eigenvalue weighted by molar-refractivity contribution is 0.488. The van der Waals surface area contributed by atoms with E-state index in [4.69, 9.17) is 0 Å². The van der Waals surface area contributed by atoms with Crippen molar-refractivity contribution in [2.24, 2.45) is 5.92 Å². The Labute approximate surface area is 123 Å². The quantitative estimate of drug-likeness (QED) is 0.619. The Morgan fingerprint density at radius 1 is 0.900 bits per heavy atom. The van der Waals surface area contributed by atoms with Gasteiger partial charge in [0.15, 0.2) is 0 Å². The zero-order chi connectivity index (χ0) is 13.7. The van der Waals surface area contributed by atoms with E-state index in [9.17, 15) is 0 Å². The van der Waals surface area contributed by atoms with Crippen LogP contribution in [0, 0.1) is 5.92 Å². The fourth-order valence-electron chi connectivity index (χ4n) is 4.35. The van der Waals surface area contributed by atoms with E-state index in [-0.39, 0.29) is 7.92 Å². The number of hydrogen-bond donors (Lipinski definition) is 0. The Kier molecular flexibility index (Phi) is 2.97. The third-order valence-electron chi connectivity index (χ3n) is 5.18. The largest absolute Gasteiger partial charge is 0.0971 e. The first-order valence-electron chi connectivity index (χ1n) is 7.61. The summed E-state index contributed by atoms with van der Waals surface area (Å²) in [4.78, 5) is 0. The van der Waals surface area contributed by atoms with Crippen LogP contribution in [0.15, 0.2) is 48.5 Å². The van der Waals surface area contributed by atoms with Crippen molar-refractivity contribution in [3.63, 3.8) is 0 Å². The maximum atomic E-state index is 2.51. The molecule has 1 aliphatic heterocycles. The van der Waals surface area contributed by atoms with Crippen LogP contribution in [0.2, 0.25) is 0 Å².